The van der Waals surface area contributed by atoms with Gasteiger partial charge in [0.1, 0.15) is 5.82 Å². The first-order valence-electron chi connectivity index (χ1n) is 6.51. The number of aromatic nitrogens is 4. The van der Waals surface area contributed by atoms with Gasteiger partial charge in [-0.3, -0.25) is 5.10 Å². The van der Waals surface area contributed by atoms with Gasteiger partial charge in [0.2, 0.25) is 5.28 Å². The first-order valence-corrected chi connectivity index (χ1v) is 6.89. The van der Waals surface area contributed by atoms with Crippen molar-refractivity contribution < 1.29 is 0 Å². The quantitative estimate of drug-likeness (QED) is 0.839. The fourth-order valence-electron chi connectivity index (χ4n) is 2.45. The van der Waals surface area contributed by atoms with Crippen LogP contribution in [0.2, 0.25) is 5.28 Å². The molecule has 102 valence electrons. The number of likely N-dealkylation sites (tertiary alicyclic amines) is 1. The molecule has 7 heteroatoms. The second kappa shape index (κ2) is 5.30. The first kappa shape index (κ1) is 12.6. The van der Waals surface area contributed by atoms with E-state index >= 15 is 0 Å². The van der Waals surface area contributed by atoms with Gasteiger partial charge in [0.05, 0.1) is 11.6 Å². The lowest BCUT2D eigenvalue weighted by Crippen LogP contribution is -2.33. The molecule has 1 saturated heterocycles. The van der Waals surface area contributed by atoms with Gasteiger partial charge < -0.3 is 10.2 Å². The highest BCUT2D eigenvalue weighted by atomic mass is 35.5. The molecule has 0 atom stereocenters. The molecule has 0 spiro atoms. The second-order valence-electron chi connectivity index (χ2n) is 5.10. The first-order chi connectivity index (χ1) is 9.22. The van der Waals surface area contributed by atoms with Crippen molar-refractivity contribution in [1.82, 2.24) is 25.1 Å². The van der Waals surface area contributed by atoms with Gasteiger partial charge in [-0.25, -0.2) is 0 Å². The predicted octanol–water partition coefficient (Wildman–Crippen LogP) is 1.76. The fraction of sp³-hybridized carbons (Fsp3) is 0.583. The summed E-state index contributed by atoms with van der Waals surface area (Å²) in [5.41, 5.74) is 0.672. The van der Waals surface area contributed by atoms with E-state index in [0.29, 0.717) is 11.6 Å². The van der Waals surface area contributed by atoms with Crippen LogP contribution in [-0.4, -0.2) is 51.7 Å². The lowest BCUT2D eigenvalue weighted by molar-refractivity contribution is 0.226. The van der Waals surface area contributed by atoms with Crippen LogP contribution < -0.4 is 5.32 Å². The molecule has 1 aliphatic heterocycles. The number of halogens is 1. The van der Waals surface area contributed by atoms with Crippen LogP contribution in [0, 0.1) is 5.92 Å². The summed E-state index contributed by atoms with van der Waals surface area (Å²) in [5.74, 6) is 1.45. The van der Waals surface area contributed by atoms with Gasteiger partial charge >= 0.3 is 0 Å². The number of hydrogen-bond donors (Lipinski definition) is 2. The minimum absolute atomic E-state index is 0.239. The van der Waals surface area contributed by atoms with E-state index in [1.807, 2.05) is 0 Å². The van der Waals surface area contributed by atoms with Crippen LogP contribution in [0.15, 0.2) is 6.20 Å². The maximum atomic E-state index is 5.90. The Kier molecular flexibility index (Phi) is 3.52. The van der Waals surface area contributed by atoms with Crippen molar-refractivity contribution in [1.29, 1.82) is 0 Å². The van der Waals surface area contributed by atoms with Crippen LogP contribution in [-0.2, 0) is 0 Å². The van der Waals surface area contributed by atoms with Gasteiger partial charge in [-0.05, 0) is 50.5 Å². The normalized spacial score (nSPS) is 18.0. The molecule has 0 radical (unpaired) electrons. The standard InChI is InChI=1S/C12H17ClN6/c1-19-4-2-8(3-5-19)6-14-10-9-7-15-18-11(9)17-12(13)16-10/h7-8H,2-6H2,1H3,(H2,14,15,16,17,18). The number of aromatic amines is 1. The van der Waals surface area contributed by atoms with Crippen LogP contribution >= 0.6 is 11.6 Å². The number of hydrogen-bond acceptors (Lipinski definition) is 5. The lowest BCUT2D eigenvalue weighted by atomic mass is 9.97. The lowest BCUT2D eigenvalue weighted by Gasteiger charge is -2.29. The molecule has 0 aromatic carbocycles. The highest BCUT2D eigenvalue weighted by molar-refractivity contribution is 6.28. The summed E-state index contributed by atoms with van der Waals surface area (Å²) in [5, 5.41) is 11.3. The molecule has 3 rings (SSSR count). The number of rotatable bonds is 3. The van der Waals surface area contributed by atoms with Crippen molar-refractivity contribution in [2.24, 2.45) is 5.92 Å². The zero-order valence-corrected chi connectivity index (χ0v) is 11.6. The Morgan fingerprint density at radius 2 is 2.21 bits per heavy atom. The Balaban J connectivity index is 1.69. The fourth-order valence-corrected chi connectivity index (χ4v) is 2.62. The average molecular weight is 281 g/mol. The average Bonchev–Trinajstić information content (AvgIpc) is 2.85. The molecule has 0 aliphatic carbocycles. The Bertz CT molecular complexity index is 560. The Morgan fingerprint density at radius 1 is 1.42 bits per heavy atom. The van der Waals surface area contributed by atoms with Gasteiger partial charge in [0.15, 0.2) is 5.65 Å². The highest BCUT2D eigenvalue weighted by Gasteiger charge is 2.17. The minimum atomic E-state index is 0.239. The molecule has 19 heavy (non-hydrogen) atoms. The topological polar surface area (TPSA) is 69.7 Å². The Morgan fingerprint density at radius 3 is 3.00 bits per heavy atom. The molecule has 3 heterocycles. The van der Waals surface area contributed by atoms with Crippen LogP contribution in [0.1, 0.15) is 12.8 Å². The monoisotopic (exact) mass is 280 g/mol. The van der Waals surface area contributed by atoms with E-state index in [-0.39, 0.29) is 5.28 Å². The molecule has 1 fully saturated rings. The number of piperidine rings is 1. The molecule has 6 nitrogen and oxygen atoms in total. The third-order valence-corrected chi connectivity index (χ3v) is 3.85. The maximum absolute atomic E-state index is 5.90. The summed E-state index contributed by atoms with van der Waals surface area (Å²) < 4.78 is 0. The summed E-state index contributed by atoms with van der Waals surface area (Å²) >= 11 is 5.90. The molecule has 0 bridgehead atoms. The van der Waals surface area contributed by atoms with Gasteiger partial charge in [0.25, 0.3) is 0 Å². The van der Waals surface area contributed by atoms with E-state index in [9.17, 15) is 0 Å². The smallest absolute Gasteiger partial charge is 0.226 e. The van der Waals surface area contributed by atoms with E-state index in [4.69, 9.17) is 11.6 Å². The van der Waals surface area contributed by atoms with Crippen molar-refractivity contribution in [3.8, 4) is 0 Å². The molecular weight excluding hydrogens is 264 g/mol. The van der Waals surface area contributed by atoms with E-state index in [1.54, 1.807) is 6.20 Å². The third kappa shape index (κ3) is 2.79. The number of nitrogens with zero attached hydrogens (tertiary/aromatic N) is 4. The number of anilines is 1. The Labute approximate surface area is 116 Å². The van der Waals surface area contributed by atoms with E-state index in [1.165, 1.54) is 12.8 Å². The predicted molar refractivity (Wildman–Crippen MR) is 75.4 cm³/mol. The zero-order chi connectivity index (χ0) is 13.2. The van der Waals surface area contributed by atoms with E-state index in [2.05, 4.69) is 37.4 Å². The summed E-state index contributed by atoms with van der Waals surface area (Å²) in [4.78, 5) is 10.7. The molecule has 0 amide bonds. The van der Waals surface area contributed by atoms with Crippen LogP contribution in [0.4, 0.5) is 5.82 Å². The van der Waals surface area contributed by atoms with Crippen molar-refractivity contribution >= 4 is 28.5 Å². The van der Waals surface area contributed by atoms with E-state index < -0.39 is 0 Å². The Hall–Kier alpha value is -1.40. The van der Waals surface area contributed by atoms with Crippen LogP contribution in [0.5, 0.6) is 0 Å². The van der Waals surface area contributed by atoms with Crippen molar-refractivity contribution in [2.45, 2.75) is 12.8 Å². The number of fused-ring (bicyclic) bond motifs is 1. The van der Waals surface area contributed by atoms with Gasteiger partial charge in [0, 0.05) is 6.54 Å². The summed E-state index contributed by atoms with van der Waals surface area (Å²) in [7, 11) is 2.17. The maximum Gasteiger partial charge on any atom is 0.226 e. The van der Waals surface area contributed by atoms with E-state index in [0.717, 1.165) is 30.8 Å². The molecule has 0 unspecified atom stereocenters. The number of nitrogens with one attached hydrogen (secondary N) is 2. The third-order valence-electron chi connectivity index (χ3n) is 3.68. The molecule has 2 N–H and O–H groups in total. The minimum Gasteiger partial charge on any atom is -0.369 e. The van der Waals surface area contributed by atoms with Crippen LogP contribution in [0.3, 0.4) is 0 Å². The SMILES string of the molecule is CN1CCC(CNc2nc(Cl)nc3[nH]ncc23)CC1. The summed E-state index contributed by atoms with van der Waals surface area (Å²) in [6.45, 7) is 3.25. The van der Waals surface area contributed by atoms with Crippen molar-refractivity contribution in [3.63, 3.8) is 0 Å². The molecule has 0 saturated carbocycles. The summed E-state index contributed by atoms with van der Waals surface area (Å²) in [6, 6.07) is 0. The van der Waals surface area contributed by atoms with Crippen molar-refractivity contribution in [3.05, 3.63) is 11.5 Å². The number of H-pyrrole nitrogens is 1. The highest BCUT2D eigenvalue weighted by Crippen LogP contribution is 2.22. The van der Waals surface area contributed by atoms with Crippen molar-refractivity contribution in [2.75, 3.05) is 32.0 Å². The largest absolute Gasteiger partial charge is 0.369 e. The van der Waals surface area contributed by atoms with Gasteiger partial charge in [-0.1, -0.05) is 0 Å². The molecular formula is C12H17ClN6. The molecule has 1 aliphatic rings. The molecule has 2 aromatic rings. The summed E-state index contributed by atoms with van der Waals surface area (Å²) in [6.07, 6.45) is 4.16. The van der Waals surface area contributed by atoms with Gasteiger partial charge in [-0.15, -0.1) is 0 Å². The zero-order valence-electron chi connectivity index (χ0n) is 10.9. The van der Waals surface area contributed by atoms with Crippen LogP contribution in [0.25, 0.3) is 11.0 Å². The second-order valence-corrected chi connectivity index (χ2v) is 5.44. The van der Waals surface area contributed by atoms with Gasteiger partial charge in [-0.2, -0.15) is 15.1 Å². The molecule has 2 aromatic heterocycles.